The van der Waals surface area contributed by atoms with Gasteiger partial charge in [0.25, 0.3) is 0 Å². The molecule has 2 aromatic rings. The Morgan fingerprint density at radius 3 is 2.77 bits per heavy atom. The maximum absolute atomic E-state index is 11.5. The van der Waals surface area contributed by atoms with Crippen LogP contribution in [0, 0.1) is 0 Å². The number of hydrogen-bond acceptors (Lipinski definition) is 7. The summed E-state index contributed by atoms with van der Waals surface area (Å²) in [6, 6.07) is 7.41. The summed E-state index contributed by atoms with van der Waals surface area (Å²) in [5.74, 6) is 1.69. The summed E-state index contributed by atoms with van der Waals surface area (Å²) < 4.78 is 22.9. The molecule has 3 rings (SSSR count). The van der Waals surface area contributed by atoms with E-state index in [9.17, 15) is 8.42 Å². The lowest BCUT2D eigenvalue weighted by molar-refractivity contribution is 0.602. The number of hydrogen-bond donors (Lipinski definition) is 2. The van der Waals surface area contributed by atoms with E-state index in [1.54, 1.807) is 12.3 Å². The average Bonchev–Trinajstić information content (AvgIpc) is 2.85. The number of nitrogens with one attached hydrogen (secondary N) is 2. The molecular formula is C14H17N5O2S. The van der Waals surface area contributed by atoms with Crippen LogP contribution >= 0.6 is 0 Å². The Bertz CT molecular complexity index is 736. The van der Waals surface area contributed by atoms with Crippen LogP contribution in [0.25, 0.3) is 0 Å². The standard InChI is InChI=1S/C14H17N5O2S/c20-22(21)6-4-12(9-22)19-14-7-13(17-10-18-14)16-8-11-3-1-2-5-15-11/h1-3,5,7,10,12H,4,6,8-9H2,(H2,16,17,18,19). The highest BCUT2D eigenvalue weighted by atomic mass is 32.2. The van der Waals surface area contributed by atoms with Gasteiger partial charge in [0, 0.05) is 18.3 Å². The second-order valence-corrected chi connectivity index (χ2v) is 7.44. The lowest BCUT2D eigenvalue weighted by Gasteiger charge is -2.12. The van der Waals surface area contributed by atoms with Crippen molar-refractivity contribution in [1.82, 2.24) is 15.0 Å². The van der Waals surface area contributed by atoms with Gasteiger partial charge in [-0.05, 0) is 18.6 Å². The molecule has 3 heterocycles. The number of rotatable bonds is 5. The molecule has 1 fully saturated rings. The van der Waals surface area contributed by atoms with Crippen LogP contribution in [0.15, 0.2) is 36.8 Å². The van der Waals surface area contributed by atoms with E-state index in [1.807, 2.05) is 18.2 Å². The van der Waals surface area contributed by atoms with Crippen LogP contribution in [0.4, 0.5) is 11.6 Å². The molecule has 1 atom stereocenters. The van der Waals surface area contributed by atoms with Crippen LogP contribution < -0.4 is 10.6 Å². The van der Waals surface area contributed by atoms with Gasteiger partial charge in [-0.15, -0.1) is 0 Å². The fourth-order valence-corrected chi connectivity index (χ4v) is 4.01. The molecule has 1 unspecified atom stereocenters. The molecule has 0 spiro atoms. The smallest absolute Gasteiger partial charge is 0.152 e. The predicted molar refractivity (Wildman–Crippen MR) is 84.3 cm³/mol. The molecule has 1 saturated heterocycles. The van der Waals surface area contributed by atoms with Crippen molar-refractivity contribution in [2.75, 3.05) is 22.1 Å². The van der Waals surface area contributed by atoms with Crippen LogP contribution in [0.5, 0.6) is 0 Å². The van der Waals surface area contributed by atoms with Gasteiger partial charge in [0.2, 0.25) is 0 Å². The molecule has 1 aliphatic heterocycles. The molecule has 0 aromatic carbocycles. The van der Waals surface area contributed by atoms with Crippen molar-refractivity contribution < 1.29 is 8.42 Å². The average molecular weight is 319 g/mol. The van der Waals surface area contributed by atoms with E-state index in [2.05, 4.69) is 25.6 Å². The van der Waals surface area contributed by atoms with Crippen molar-refractivity contribution in [2.45, 2.75) is 19.0 Å². The van der Waals surface area contributed by atoms with E-state index in [4.69, 9.17) is 0 Å². The number of aromatic nitrogens is 3. The maximum Gasteiger partial charge on any atom is 0.152 e. The van der Waals surface area contributed by atoms with Crippen molar-refractivity contribution in [2.24, 2.45) is 0 Å². The zero-order chi connectivity index (χ0) is 15.4. The van der Waals surface area contributed by atoms with Crippen molar-refractivity contribution in [3.8, 4) is 0 Å². The third-order valence-corrected chi connectivity index (χ3v) is 5.20. The van der Waals surface area contributed by atoms with Gasteiger partial charge >= 0.3 is 0 Å². The van der Waals surface area contributed by atoms with Crippen molar-refractivity contribution in [3.63, 3.8) is 0 Å². The van der Waals surface area contributed by atoms with Gasteiger partial charge < -0.3 is 10.6 Å². The first-order valence-electron chi connectivity index (χ1n) is 7.03. The zero-order valence-electron chi connectivity index (χ0n) is 11.9. The Balaban J connectivity index is 1.60. The van der Waals surface area contributed by atoms with Crippen molar-refractivity contribution >= 4 is 21.5 Å². The number of nitrogens with zero attached hydrogens (tertiary/aromatic N) is 3. The van der Waals surface area contributed by atoms with Crippen LogP contribution in [0.2, 0.25) is 0 Å². The molecule has 2 aromatic heterocycles. The molecule has 116 valence electrons. The monoisotopic (exact) mass is 319 g/mol. The summed E-state index contributed by atoms with van der Waals surface area (Å²) in [7, 11) is -2.90. The highest BCUT2D eigenvalue weighted by Gasteiger charge is 2.27. The van der Waals surface area contributed by atoms with E-state index in [1.165, 1.54) is 6.33 Å². The second kappa shape index (κ2) is 6.27. The van der Waals surface area contributed by atoms with Gasteiger partial charge in [-0.1, -0.05) is 6.07 Å². The fraction of sp³-hybridized carbons (Fsp3) is 0.357. The molecule has 7 nitrogen and oxygen atoms in total. The molecule has 2 N–H and O–H groups in total. The Labute approximate surface area is 129 Å². The van der Waals surface area contributed by atoms with Gasteiger partial charge in [-0.25, -0.2) is 18.4 Å². The quantitative estimate of drug-likeness (QED) is 0.851. The normalized spacial score (nSPS) is 19.7. The van der Waals surface area contributed by atoms with Gasteiger partial charge in [0.1, 0.15) is 18.0 Å². The van der Waals surface area contributed by atoms with Crippen LogP contribution in [-0.4, -0.2) is 40.9 Å². The molecule has 0 aliphatic carbocycles. The minimum Gasteiger partial charge on any atom is -0.366 e. The van der Waals surface area contributed by atoms with Gasteiger partial charge in [-0.3, -0.25) is 4.98 Å². The predicted octanol–water partition coefficient (Wildman–Crippen LogP) is 1.08. The number of pyridine rings is 1. The van der Waals surface area contributed by atoms with Crippen molar-refractivity contribution in [3.05, 3.63) is 42.5 Å². The summed E-state index contributed by atoms with van der Waals surface area (Å²) in [6.45, 7) is 0.565. The lowest BCUT2D eigenvalue weighted by atomic mass is 10.2. The van der Waals surface area contributed by atoms with E-state index in [0.29, 0.717) is 24.6 Å². The Morgan fingerprint density at radius 1 is 1.18 bits per heavy atom. The molecule has 1 aliphatic rings. The first kappa shape index (κ1) is 14.7. The summed E-state index contributed by atoms with van der Waals surface area (Å²) in [4.78, 5) is 12.5. The first-order chi connectivity index (χ1) is 10.6. The third-order valence-electron chi connectivity index (χ3n) is 3.43. The Hall–Kier alpha value is -2.22. The van der Waals surface area contributed by atoms with E-state index < -0.39 is 9.84 Å². The molecule has 8 heteroatoms. The molecule has 22 heavy (non-hydrogen) atoms. The van der Waals surface area contributed by atoms with Crippen molar-refractivity contribution in [1.29, 1.82) is 0 Å². The molecule has 0 radical (unpaired) electrons. The van der Waals surface area contributed by atoms with Crippen LogP contribution in [0.1, 0.15) is 12.1 Å². The topological polar surface area (TPSA) is 96.9 Å². The summed E-state index contributed by atoms with van der Waals surface area (Å²) in [5, 5.41) is 6.32. The zero-order valence-corrected chi connectivity index (χ0v) is 12.8. The van der Waals surface area contributed by atoms with Crippen LogP contribution in [-0.2, 0) is 16.4 Å². The summed E-state index contributed by atoms with van der Waals surface area (Å²) in [6.07, 6.45) is 3.81. The molecule has 0 amide bonds. The fourth-order valence-electron chi connectivity index (χ4n) is 2.33. The van der Waals surface area contributed by atoms with E-state index >= 15 is 0 Å². The minimum atomic E-state index is -2.90. The Kier molecular flexibility index (Phi) is 4.19. The van der Waals surface area contributed by atoms with Gasteiger partial charge in [0.15, 0.2) is 9.84 Å². The highest BCUT2D eigenvalue weighted by molar-refractivity contribution is 7.91. The molecular weight excluding hydrogens is 302 g/mol. The van der Waals surface area contributed by atoms with E-state index in [-0.39, 0.29) is 17.5 Å². The molecule has 0 bridgehead atoms. The van der Waals surface area contributed by atoms with Gasteiger partial charge in [0.05, 0.1) is 23.7 Å². The largest absolute Gasteiger partial charge is 0.366 e. The first-order valence-corrected chi connectivity index (χ1v) is 8.86. The summed E-state index contributed by atoms with van der Waals surface area (Å²) >= 11 is 0. The van der Waals surface area contributed by atoms with Gasteiger partial charge in [-0.2, -0.15) is 0 Å². The minimum absolute atomic E-state index is 0.0801. The van der Waals surface area contributed by atoms with E-state index in [0.717, 1.165) is 5.69 Å². The second-order valence-electron chi connectivity index (χ2n) is 5.21. The summed E-state index contributed by atoms with van der Waals surface area (Å²) in [5.41, 5.74) is 0.914. The number of anilines is 2. The number of sulfone groups is 1. The SMILES string of the molecule is O=S1(=O)CCC(Nc2cc(NCc3ccccn3)ncn2)C1. The molecule has 0 saturated carbocycles. The Morgan fingerprint density at radius 2 is 2.05 bits per heavy atom. The third kappa shape index (κ3) is 3.91. The lowest BCUT2D eigenvalue weighted by Crippen LogP contribution is -2.21. The highest BCUT2D eigenvalue weighted by Crippen LogP contribution is 2.17. The van der Waals surface area contributed by atoms with Crippen LogP contribution in [0.3, 0.4) is 0 Å². The maximum atomic E-state index is 11.5.